The molecule has 1 aliphatic heterocycles. The van der Waals surface area contributed by atoms with Crippen LogP contribution in [0, 0.1) is 6.92 Å². The molecule has 1 aromatic rings. The fraction of sp³-hybridized carbons (Fsp3) is 0.643. The van der Waals surface area contributed by atoms with Gasteiger partial charge >= 0.3 is 0 Å². The molecule has 0 unspecified atom stereocenters. The van der Waals surface area contributed by atoms with Crippen LogP contribution in [0.4, 0.5) is 0 Å². The number of fused-ring (bicyclic) bond motifs is 1. The van der Waals surface area contributed by atoms with E-state index in [-0.39, 0.29) is 0 Å². The van der Waals surface area contributed by atoms with Gasteiger partial charge in [-0.15, -0.1) is 0 Å². The standard InChI is InChI=1S/C14H20N2/c1-11-8-12-10-16(13-4-2-3-5-13)7-6-14(12)15-9-11/h8-9,13H,2-7,10H2,1H3. The van der Waals surface area contributed by atoms with Crippen molar-refractivity contribution in [3.05, 3.63) is 29.1 Å². The third kappa shape index (κ3) is 1.86. The zero-order valence-electron chi connectivity index (χ0n) is 10.1. The van der Waals surface area contributed by atoms with Gasteiger partial charge in [0.1, 0.15) is 0 Å². The van der Waals surface area contributed by atoms with E-state index in [1.54, 1.807) is 0 Å². The topological polar surface area (TPSA) is 16.1 Å². The van der Waals surface area contributed by atoms with E-state index in [0.717, 1.165) is 19.0 Å². The summed E-state index contributed by atoms with van der Waals surface area (Å²) in [5.41, 5.74) is 4.10. The van der Waals surface area contributed by atoms with Gasteiger partial charge in [-0.3, -0.25) is 9.88 Å². The Morgan fingerprint density at radius 3 is 2.94 bits per heavy atom. The van der Waals surface area contributed by atoms with Gasteiger partial charge in [0.2, 0.25) is 0 Å². The maximum Gasteiger partial charge on any atom is 0.0461 e. The number of rotatable bonds is 1. The average molecular weight is 216 g/mol. The van der Waals surface area contributed by atoms with E-state index in [1.165, 1.54) is 49.0 Å². The van der Waals surface area contributed by atoms with E-state index in [0.29, 0.717) is 0 Å². The third-order valence-corrected chi connectivity index (χ3v) is 4.05. The molecular formula is C14H20N2. The second-order valence-corrected chi connectivity index (χ2v) is 5.28. The summed E-state index contributed by atoms with van der Waals surface area (Å²) < 4.78 is 0. The molecule has 0 amide bonds. The number of aryl methyl sites for hydroxylation is 1. The summed E-state index contributed by atoms with van der Waals surface area (Å²) in [6.07, 6.45) is 8.83. The molecule has 0 radical (unpaired) electrons. The molecule has 0 N–H and O–H groups in total. The molecule has 2 heterocycles. The van der Waals surface area contributed by atoms with Gasteiger partial charge in [0.15, 0.2) is 0 Å². The quantitative estimate of drug-likeness (QED) is 0.717. The van der Waals surface area contributed by atoms with Crippen LogP contribution in [-0.4, -0.2) is 22.5 Å². The molecule has 3 rings (SSSR count). The molecule has 16 heavy (non-hydrogen) atoms. The molecular weight excluding hydrogens is 196 g/mol. The second-order valence-electron chi connectivity index (χ2n) is 5.28. The molecule has 0 saturated heterocycles. The van der Waals surface area contributed by atoms with Crippen molar-refractivity contribution in [2.24, 2.45) is 0 Å². The van der Waals surface area contributed by atoms with E-state index >= 15 is 0 Å². The van der Waals surface area contributed by atoms with E-state index in [9.17, 15) is 0 Å². The van der Waals surface area contributed by atoms with Crippen molar-refractivity contribution in [2.45, 2.75) is 51.6 Å². The first kappa shape index (κ1) is 10.3. The van der Waals surface area contributed by atoms with Crippen LogP contribution in [0.15, 0.2) is 12.3 Å². The normalized spacial score (nSPS) is 22.3. The third-order valence-electron chi connectivity index (χ3n) is 4.05. The van der Waals surface area contributed by atoms with Gasteiger partial charge in [0, 0.05) is 37.4 Å². The highest BCUT2D eigenvalue weighted by Gasteiger charge is 2.26. The Balaban J connectivity index is 1.79. The summed E-state index contributed by atoms with van der Waals surface area (Å²) in [4.78, 5) is 7.23. The zero-order valence-corrected chi connectivity index (χ0v) is 10.1. The van der Waals surface area contributed by atoms with Crippen molar-refractivity contribution in [3.63, 3.8) is 0 Å². The molecule has 1 aliphatic carbocycles. The summed E-state index contributed by atoms with van der Waals surface area (Å²) in [6, 6.07) is 3.18. The molecule has 0 aromatic carbocycles. The Kier molecular flexibility index (Phi) is 2.68. The van der Waals surface area contributed by atoms with Crippen molar-refractivity contribution < 1.29 is 0 Å². The van der Waals surface area contributed by atoms with Crippen LogP contribution in [0.2, 0.25) is 0 Å². The van der Waals surface area contributed by atoms with Crippen LogP contribution in [0.25, 0.3) is 0 Å². The molecule has 2 nitrogen and oxygen atoms in total. The van der Waals surface area contributed by atoms with Crippen LogP contribution in [-0.2, 0) is 13.0 Å². The molecule has 1 saturated carbocycles. The van der Waals surface area contributed by atoms with Gasteiger partial charge in [0.25, 0.3) is 0 Å². The zero-order chi connectivity index (χ0) is 11.0. The van der Waals surface area contributed by atoms with E-state index in [1.807, 2.05) is 6.20 Å². The Morgan fingerprint density at radius 1 is 1.31 bits per heavy atom. The minimum Gasteiger partial charge on any atom is -0.296 e. The van der Waals surface area contributed by atoms with Crippen LogP contribution >= 0.6 is 0 Å². The predicted molar refractivity (Wildman–Crippen MR) is 65.3 cm³/mol. The molecule has 1 fully saturated rings. The lowest BCUT2D eigenvalue weighted by Crippen LogP contribution is -2.38. The first-order chi connectivity index (χ1) is 7.83. The lowest BCUT2D eigenvalue weighted by Gasteiger charge is -2.33. The van der Waals surface area contributed by atoms with Crippen molar-refractivity contribution in [3.8, 4) is 0 Å². The second kappa shape index (κ2) is 4.17. The lowest BCUT2D eigenvalue weighted by atomic mass is 10.0. The van der Waals surface area contributed by atoms with Crippen molar-refractivity contribution in [1.82, 2.24) is 9.88 Å². The van der Waals surface area contributed by atoms with Crippen LogP contribution in [0.5, 0.6) is 0 Å². The van der Waals surface area contributed by atoms with Crippen LogP contribution < -0.4 is 0 Å². The number of aromatic nitrogens is 1. The SMILES string of the molecule is Cc1cnc2c(c1)CN(C1CCCC1)CC2. The Labute approximate surface area is 97.7 Å². The molecule has 1 aromatic heterocycles. The van der Waals surface area contributed by atoms with Gasteiger partial charge in [-0.2, -0.15) is 0 Å². The van der Waals surface area contributed by atoms with Gasteiger partial charge in [-0.25, -0.2) is 0 Å². The fourth-order valence-corrected chi connectivity index (χ4v) is 3.15. The summed E-state index contributed by atoms with van der Waals surface area (Å²) in [5, 5.41) is 0. The maximum absolute atomic E-state index is 4.55. The summed E-state index contributed by atoms with van der Waals surface area (Å²) in [5.74, 6) is 0. The predicted octanol–water partition coefficient (Wildman–Crippen LogP) is 2.69. The summed E-state index contributed by atoms with van der Waals surface area (Å²) in [6.45, 7) is 4.49. The Bertz CT molecular complexity index is 380. The fourth-order valence-electron chi connectivity index (χ4n) is 3.15. The average Bonchev–Trinajstić information content (AvgIpc) is 2.81. The van der Waals surface area contributed by atoms with E-state index < -0.39 is 0 Å². The van der Waals surface area contributed by atoms with Crippen molar-refractivity contribution >= 4 is 0 Å². The number of nitrogens with zero attached hydrogens (tertiary/aromatic N) is 2. The number of pyridine rings is 1. The molecule has 0 atom stereocenters. The minimum absolute atomic E-state index is 0.855. The van der Waals surface area contributed by atoms with Crippen molar-refractivity contribution in [1.29, 1.82) is 0 Å². The first-order valence-corrected chi connectivity index (χ1v) is 6.51. The molecule has 2 heteroatoms. The van der Waals surface area contributed by atoms with Crippen LogP contribution in [0.1, 0.15) is 42.5 Å². The maximum atomic E-state index is 4.55. The number of hydrogen-bond donors (Lipinski definition) is 0. The molecule has 0 spiro atoms. The minimum atomic E-state index is 0.855. The van der Waals surface area contributed by atoms with Crippen molar-refractivity contribution in [2.75, 3.05) is 6.54 Å². The summed E-state index contributed by atoms with van der Waals surface area (Å²) >= 11 is 0. The van der Waals surface area contributed by atoms with E-state index in [4.69, 9.17) is 0 Å². The van der Waals surface area contributed by atoms with Gasteiger partial charge < -0.3 is 0 Å². The van der Waals surface area contributed by atoms with Gasteiger partial charge in [-0.1, -0.05) is 18.9 Å². The molecule has 2 aliphatic rings. The van der Waals surface area contributed by atoms with Crippen LogP contribution in [0.3, 0.4) is 0 Å². The largest absolute Gasteiger partial charge is 0.296 e. The highest BCUT2D eigenvalue weighted by atomic mass is 15.2. The van der Waals surface area contributed by atoms with E-state index in [2.05, 4.69) is 22.9 Å². The Morgan fingerprint density at radius 2 is 2.12 bits per heavy atom. The van der Waals surface area contributed by atoms with Gasteiger partial charge in [-0.05, 0) is 30.9 Å². The lowest BCUT2D eigenvalue weighted by molar-refractivity contribution is 0.179. The monoisotopic (exact) mass is 216 g/mol. The first-order valence-electron chi connectivity index (χ1n) is 6.51. The summed E-state index contributed by atoms with van der Waals surface area (Å²) in [7, 11) is 0. The molecule has 0 bridgehead atoms. The molecule has 86 valence electrons. The Hall–Kier alpha value is -0.890. The smallest absolute Gasteiger partial charge is 0.0461 e. The number of hydrogen-bond acceptors (Lipinski definition) is 2. The highest BCUT2D eigenvalue weighted by molar-refractivity contribution is 5.26. The van der Waals surface area contributed by atoms with Gasteiger partial charge in [0.05, 0.1) is 0 Å². The highest BCUT2D eigenvalue weighted by Crippen LogP contribution is 2.28.